The van der Waals surface area contributed by atoms with E-state index in [2.05, 4.69) is 5.32 Å². The van der Waals surface area contributed by atoms with Gasteiger partial charge in [0.25, 0.3) is 0 Å². The standard InChI is InChI=1S/C11H15NO2S/c1-8(2)5-11(14)12-6-10(13)9-3-4-15-7-9/h3-5,7,10,13H,6H2,1-2H3,(H,12,14). The van der Waals surface area contributed by atoms with Crippen LogP contribution in [0.5, 0.6) is 0 Å². The smallest absolute Gasteiger partial charge is 0.244 e. The Hall–Kier alpha value is -1.13. The number of allylic oxidation sites excluding steroid dienone is 1. The Balaban J connectivity index is 2.38. The summed E-state index contributed by atoms with van der Waals surface area (Å²) in [6.45, 7) is 3.96. The molecule has 0 radical (unpaired) electrons. The zero-order valence-corrected chi connectivity index (χ0v) is 9.67. The second kappa shape index (κ2) is 5.68. The minimum absolute atomic E-state index is 0.163. The van der Waals surface area contributed by atoms with Crippen LogP contribution in [0.25, 0.3) is 0 Å². The van der Waals surface area contributed by atoms with Crippen molar-refractivity contribution in [3.05, 3.63) is 34.0 Å². The maximum atomic E-state index is 11.2. The monoisotopic (exact) mass is 225 g/mol. The van der Waals surface area contributed by atoms with Gasteiger partial charge in [-0.25, -0.2) is 0 Å². The quantitative estimate of drug-likeness (QED) is 0.768. The molecule has 1 amide bonds. The molecule has 1 atom stereocenters. The van der Waals surface area contributed by atoms with E-state index in [-0.39, 0.29) is 12.5 Å². The SMILES string of the molecule is CC(C)=CC(=O)NCC(O)c1ccsc1. The molecule has 0 saturated carbocycles. The predicted molar refractivity (Wildman–Crippen MR) is 61.7 cm³/mol. The van der Waals surface area contributed by atoms with Gasteiger partial charge < -0.3 is 10.4 Å². The Bertz CT molecular complexity index is 339. The van der Waals surface area contributed by atoms with Crippen molar-refractivity contribution in [1.82, 2.24) is 5.32 Å². The van der Waals surface area contributed by atoms with E-state index in [4.69, 9.17) is 0 Å². The highest BCUT2D eigenvalue weighted by Gasteiger charge is 2.08. The number of hydrogen-bond acceptors (Lipinski definition) is 3. The van der Waals surface area contributed by atoms with E-state index < -0.39 is 6.10 Å². The zero-order valence-electron chi connectivity index (χ0n) is 8.86. The minimum atomic E-state index is -0.620. The Kier molecular flexibility index (Phi) is 4.52. The van der Waals surface area contributed by atoms with Crippen LogP contribution in [-0.2, 0) is 4.79 Å². The van der Waals surface area contributed by atoms with Gasteiger partial charge in [-0.05, 0) is 36.2 Å². The molecular weight excluding hydrogens is 210 g/mol. The molecule has 0 fully saturated rings. The molecule has 1 aromatic heterocycles. The third kappa shape index (κ3) is 4.27. The van der Waals surface area contributed by atoms with Crippen LogP contribution in [-0.4, -0.2) is 17.6 Å². The van der Waals surface area contributed by atoms with E-state index in [1.54, 1.807) is 0 Å². The van der Waals surface area contributed by atoms with E-state index in [1.807, 2.05) is 30.7 Å². The summed E-state index contributed by atoms with van der Waals surface area (Å²) >= 11 is 1.53. The van der Waals surface area contributed by atoms with Gasteiger partial charge in [-0.2, -0.15) is 11.3 Å². The second-order valence-electron chi connectivity index (χ2n) is 3.54. The van der Waals surface area contributed by atoms with E-state index in [0.717, 1.165) is 11.1 Å². The average molecular weight is 225 g/mol. The van der Waals surface area contributed by atoms with Crippen LogP contribution in [0.1, 0.15) is 25.5 Å². The normalized spacial score (nSPS) is 11.9. The van der Waals surface area contributed by atoms with Crippen molar-refractivity contribution in [3.63, 3.8) is 0 Å². The van der Waals surface area contributed by atoms with Gasteiger partial charge in [0.1, 0.15) is 0 Å². The number of aliphatic hydroxyl groups excluding tert-OH is 1. The number of amides is 1. The summed E-state index contributed by atoms with van der Waals surface area (Å²) in [6, 6.07) is 1.85. The highest BCUT2D eigenvalue weighted by atomic mass is 32.1. The molecule has 1 heterocycles. The average Bonchev–Trinajstić information content (AvgIpc) is 2.65. The third-order valence-electron chi connectivity index (χ3n) is 1.82. The van der Waals surface area contributed by atoms with Gasteiger partial charge in [0, 0.05) is 12.6 Å². The van der Waals surface area contributed by atoms with Crippen molar-refractivity contribution in [3.8, 4) is 0 Å². The highest BCUT2D eigenvalue weighted by molar-refractivity contribution is 7.07. The van der Waals surface area contributed by atoms with Crippen molar-refractivity contribution < 1.29 is 9.90 Å². The summed E-state index contributed by atoms with van der Waals surface area (Å²) in [6.07, 6.45) is 0.895. The number of thiophene rings is 1. The molecule has 2 N–H and O–H groups in total. The van der Waals surface area contributed by atoms with E-state index in [1.165, 1.54) is 17.4 Å². The lowest BCUT2D eigenvalue weighted by Gasteiger charge is -2.09. The fraction of sp³-hybridized carbons (Fsp3) is 0.364. The van der Waals surface area contributed by atoms with E-state index in [0.29, 0.717) is 0 Å². The van der Waals surface area contributed by atoms with Crippen LogP contribution < -0.4 is 5.32 Å². The first-order valence-electron chi connectivity index (χ1n) is 4.72. The lowest BCUT2D eigenvalue weighted by atomic mass is 10.2. The van der Waals surface area contributed by atoms with Gasteiger partial charge in [0.05, 0.1) is 6.10 Å². The predicted octanol–water partition coefficient (Wildman–Crippen LogP) is 1.86. The van der Waals surface area contributed by atoms with Crippen molar-refractivity contribution in [2.24, 2.45) is 0 Å². The van der Waals surface area contributed by atoms with Crippen molar-refractivity contribution >= 4 is 17.2 Å². The summed E-state index contributed by atoms with van der Waals surface area (Å²) < 4.78 is 0. The molecule has 0 saturated heterocycles. The Labute approximate surface area is 93.4 Å². The summed E-state index contributed by atoms with van der Waals surface area (Å²) in [5.74, 6) is -0.163. The summed E-state index contributed by atoms with van der Waals surface area (Å²) in [5.41, 5.74) is 1.79. The molecule has 1 aromatic rings. The van der Waals surface area contributed by atoms with Crippen LogP contribution in [0.15, 0.2) is 28.5 Å². The molecule has 0 aliphatic rings. The first-order valence-corrected chi connectivity index (χ1v) is 5.67. The number of carbonyl (C=O) groups is 1. The topological polar surface area (TPSA) is 49.3 Å². The molecular formula is C11H15NO2S. The maximum absolute atomic E-state index is 11.2. The number of hydrogen-bond donors (Lipinski definition) is 2. The lowest BCUT2D eigenvalue weighted by molar-refractivity contribution is -0.117. The van der Waals surface area contributed by atoms with Crippen LogP contribution in [0.4, 0.5) is 0 Å². The first-order chi connectivity index (χ1) is 7.09. The van der Waals surface area contributed by atoms with Crippen molar-refractivity contribution in [2.45, 2.75) is 20.0 Å². The number of aliphatic hydroxyl groups is 1. The maximum Gasteiger partial charge on any atom is 0.244 e. The van der Waals surface area contributed by atoms with E-state index >= 15 is 0 Å². The molecule has 0 aromatic carbocycles. The molecule has 82 valence electrons. The van der Waals surface area contributed by atoms with Gasteiger partial charge in [-0.15, -0.1) is 0 Å². The molecule has 0 spiro atoms. The molecule has 3 nitrogen and oxygen atoms in total. The van der Waals surface area contributed by atoms with Crippen LogP contribution in [0, 0.1) is 0 Å². The zero-order chi connectivity index (χ0) is 11.3. The number of carbonyl (C=O) groups excluding carboxylic acids is 1. The largest absolute Gasteiger partial charge is 0.387 e. The highest BCUT2D eigenvalue weighted by Crippen LogP contribution is 2.14. The molecule has 1 unspecified atom stereocenters. The summed E-state index contributed by atoms with van der Waals surface area (Å²) in [4.78, 5) is 11.2. The Morgan fingerprint density at radius 2 is 2.40 bits per heavy atom. The van der Waals surface area contributed by atoms with Gasteiger partial charge >= 0.3 is 0 Å². The van der Waals surface area contributed by atoms with Crippen LogP contribution >= 0.6 is 11.3 Å². The molecule has 1 rings (SSSR count). The van der Waals surface area contributed by atoms with Gasteiger partial charge in [0.15, 0.2) is 0 Å². The fourth-order valence-electron chi connectivity index (χ4n) is 1.09. The second-order valence-corrected chi connectivity index (χ2v) is 4.32. The number of rotatable bonds is 4. The van der Waals surface area contributed by atoms with Gasteiger partial charge in [0.2, 0.25) is 5.91 Å². The number of nitrogens with one attached hydrogen (secondary N) is 1. The molecule has 0 aliphatic carbocycles. The van der Waals surface area contributed by atoms with Crippen molar-refractivity contribution in [2.75, 3.05) is 6.54 Å². The molecule has 4 heteroatoms. The summed E-state index contributed by atoms with van der Waals surface area (Å²) in [5, 5.41) is 16.1. The van der Waals surface area contributed by atoms with Gasteiger partial charge in [-0.3, -0.25) is 4.79 Å². The van der Waals surface area contributed by atoms with Gasteiger partial charge in [-0.1, -0.05) is 5.57 Å². The summed E-state index contributed by atoms with van der Waals surface area (Å²) in [7, 11) is 0. The van der Waals surface area contributed by atoms with Crippen LogP contribution in [0.3, 0.4) is 0 Å². The van der Waals surface area contributed by atoms with E-state index in [9.17, 15) is 9.90 Å². The fourth-order valence-corrected chi connectivity index (χ4v) is 1.80. The van der Waals surface area contributed by atoms with Crippen molar-refractivity contribution in [1.29, 1.82) is 0 Å². The minimum Gasteiger partial charge on any atom is -0.387 e. The Morgan fingerprint density at radius 3 is 2.93 bits per heavy atom. The molecule has 0 bridgehead atoms. The lowest BCUT2D eigenvalue weighted by Crippen LogP contribution is -2.26. The first kappa shape index (κ1) is 11.9. The van der Waals surface area contributed by atoms with Crippen LogP contribution in [0.2, 0.25) is 0 Å². The Morgan fingerprint density at radius 1 is 1.67 bits per heavy atom. The molecule has 15 heavy (non-hydrogen) atoms. The molecule has 0 aliphatic heterocycles. The third-order valence-corrected chi connectivity index (χ3v) is 2.52.